The molecule has 0 N–H and O–H groups in total. The van der Waals surface area contributed by atoms with Crippen LogP contribution in [-0.4, -0.2) is 44.2 Å². The fourth-order valence-corrected chi connectivity index (χ4v) is 2.72. The Morgan fingerprint density at radius 3 is 1.94 bits per heavy atom. The molecule has 0 aromatic rings. The molecule has 17 heavy (non-hydrogen) atoms. The quantitative estimate of drug-likeness (QED) is 0.674. The summed E-state index contributed by atoms with van der Waals surface area (Å²) in [4.78, 5) is 0. The molecule has 0 fully saturated rings. The van der Waals surface area contributed by atoms with Gasteiger partial charge in [0.15, 0.2) is 0 Å². The first kappa shape index (κ1) is 16.9. The van der Waals surface area contributed by atoms with Crippen molar-refractivity contribution in [2.24, 2.45) is 11.8 Å². The van der Waals surface area contributed by atoms with Gasteiger partial charge in [0.05, 0.1) is 0 Å². The Hall–Kier alpha value is -0.130. The average Bonchev–Trinajstić information content (AvgIpc) is 2.22. The minimum absolute atomic E-state index is 0.548. The molecule has 0 aliphatic heterocycles. The van der Waals surface area contributed by atoms with E-state index < -0.39 is 10.2 Å². The van der Waals surface area contributed by atoms with E-state index in [9.17, 15) is 8.42 Å². The zero-order valence-electron chi connectivity index (χ0n) is 12.1. The summed E-state index contributed by atoms with van der Waals surface area (Å²) in [5.41, 5.74) is 0. The lowest BCUT2D eigenvalue weighted by Gasteiger charge is -2.27. The summed E-state index contributed by atoms with van der Waals surface area (Å²) in [7, 11) is -0.0815. The van der Waals surface area contributed by atoms with Crippen LogP contribution in [0.25, 0.3) is 0 Å². The second-order valence-corrected chi connectivity index (χ2v) is 7.34. The third-order valence-corrected chi connectivity index (χ3v) is 5.17. The zero-order valence-corrected chi connectivity index (χ0v) is 12.9. The predicted octanol–water partition coefficient (Wildman–Crippen LogP) is 2.19. The number of nitrogens with zero attached hydrogens (tertiary/aromatic N) is 2. The minimum Gasteiger partial charge on any atom is -0.195 e. The van der Waals surface area contributed by atoms with E-state index >= 15 is 0 Å². The van der Waals surface area contributed by atoms with Crippen molar-refractivity contribution in [3.8, 4) is 0 Å². The molecule has 0 heterocycles. The molecule has 0 saturated carbocycles. The summed E-state index contributed by atoms with van der Waals surface area (Å²) >= 11 is 0. The number of hydrogen-bond acceptors (Lipinski definition) is 2. The Kier molecular flexibility index (Phi) is 7.28. The van der Waals surface area contributed by atoms with Crippen LogP contribution in [0.4, 0.5) is 0 Å². The van der Waals surface area contributed by atoms with Crippen molar-refractivity contribution in [3.05, 3.63) is 0 Å². The summed E-state index contributed by atoms with van der Waals surface area (Å²) in [5.74, 6) is 1.15. The summed E-state index contributed by atoms with van der Waals surface area (Å²) in [6, 6.07) is 0. The zero-order chi connectivity index (χ0) is 13.6. The molecule has 0 bridgehead atoms. The van der Waals surface area contributed by atoms with E-state index in [4.69, 9.17) is 0 Å². The van der Waals surface area contributed by atoms with Gasteiger partial charge in [-0.3, -0.25) is 0 Å². The summed E-state index contributed by atoms with van der Waals surface area (Å²) in [5, 5.41) is 0. The standard InChI is InChI=1S/C12H28N2O2S/c1-7-9-14(17(15,16)13(5)6)10-8-12(4)11(2)3/h11-12H,7-10H2,1-6H3. The molecule has 0 radical (unpaired) electrons. The molecule has 0 spiro atoms. The van der Waals surface area contributed by atoms with E-state index in [2.05, 4.69) is 20.8 Å². The van der Waals surface area contributed by atoms with Crippen molar-refractivity contribution in [2.75, 3.05) is 27.2 Å². The van der Waals surface area contributed by atoms with Crippen LogP contribution in [0.15, 0.2) is 0 Å². The van der Waals surface area contributed by atoms with Crippen molar-refractivity contribution in [1.29, 1.82) is 0 Å². The second-order valence-electron chi connectivity index (χ2n) is 5.20. The molecule has 0 aliphatic rings. The van der Waals surface area contributed by atoms with Crippen LogP contribution in [0.1, 0.15) is 40.5 Å². The smallest absolute Gasteiger partial charge is 0.195 e. The Bertz CT molecular complexity index is 300. The van der Waals surface area contributed by atoms with Crippen molar-refractivity contribution in [1.82, 2.24) is 8.61 Å². The summed E-state index contributed by atoms with van der Waals surface area (Å²) in [6.07, 6.45) is 1.77. The van der Waals surface area contributed by atoms with Gasteiger partial charge in [0.1, 0.15) is 0 Å². The molecule has 104 valence electrons. The normalized spacial score (nSPS) is 14.9. The Balaban J connectivity index is 4.56. The highest BCUT2D eigenvalue weighted by atomic mass is 32.2. The molecule has 5 heteroatoms. The lowest BCUT2D eigenvalue weighted by Crippen LogP contribution is -2.41. The van der Waals surface area contributed by atoms with Gasteiger partial charge >= 0.3 is 0 Å². The minimum atomic E-state index is -3.26. The molecular weight excluding hydrogens is 236 g/mol. The van der Waals surface area contributed by atoms with Crippen LogP contribution in [0.5, 0.6) is 0 Å². The summed E-state index contributed by atoms with van der Waals surface area (Å²) in [6.45, 7) is 9.75. The molecule has 1 unspecified atom stereocenters. The van der Waals surface area contributed by atoms with E-state index in [0.29, 0.717) is 24.9 Å². The Labute approximate surface area is 107 Å². The van der Waals surface area contributed by atoms with Crippen molar-refractivity contribution in [3.63, 3.8) is 0 Å². The first-order valence-electron chi connectivity index (χ1n) is 6.41. The fraction of sp³-hybridized carbons (Fsp3) is 1.00. The highest BCUT2D eigenvalue weighted by Gasteiger charge is 2.24. The second kappa shape index (κ2) is 7.34. The highest BCUT2D eigenvalue weighted by molar-refractivity contribution is 7.86. The fourth-order valence-electron chi connectivity index (χ4n) is 1.50. The maximum atomic E-state index is 12.1. The van der Waals surface area contributed by atoms with Crippen LogP contribution in [0.2, 0.25) is 0 Å². The summed E-state index contributed by atoms with van der Waals surface area (Å²) < 4.78 is 27.0. The van der Waals surface area contributed by atoms with Crippen LogP contribution in [-0.2, 0) is 10.2 Å². The third-order valence-electron chi connectivity index (χ3n) is 3.23. The lowest BCUT2D eigenvalue weighted by molar-refractivity contribution is 0.315. The largest absolute Gasteiger partial charge is 0.281 e. The lowest BCUT2D eigenvalue weighted by atomic mass is 9.95. The van der Waals surface area contributed by atoms with Gasteiger partial charge in [-0.15, -0.1) is 0 Å². The van der Waals surface area contributed by atoms with Crippen LogP contribution in [0.3, 0.4) is 0 Å². The van der Waals surface area contributed by atoms with Gasteiger partial charge < -0.3 is 0 Å². The molecule has 0 aromatic carbocycles. The molecule has 0 saturated heterocycles. The van der Waals surface area contributed by atoms with E-state index in [-0.39, 0.29) is 0 Å². The van der Waals surface area contributed by atoms with E-state index in [1.807, 2.05) is 6.92 Å². The molecule has 4 nitrogen and oxygen atoms in total. The molecular formula is C12H28N2O2S. The third kappa shape index (κ3) is 5.36. The maximum Gasteiger partial charge on any atom is 0.281 e. The first-order valence-corrected chi connectivity index (χ1v) is 7.80. The maximum absolute atomic E-state index is 12.1. The van der Waals surface area contributed by atoms with Gasteiger partial charge in [-0.2, -0.15) is 17.0 Å². The van der Waals surface area contributed by atoms with Gasteiger partial charge in [0, 0.05) is 27.2 Å². The predicted molar refractivity (Wildman–Crippen MR) is 73.1 cm³/mol. The SMILES string of the molecule is CCCN(CCC(C)C(C)C)S(=O)(=O)N(C)C. The number of hydrogen-bond donors (Lipinski definition) is 0. The monoisotopic (exact) mass is 264 g/mol. The van der Waals surface area contributed by atoms with E-state index in [1.54, 1.807) is 18.4 Å². The van der Waals surface area contributed by atoms with E-state index in [0.717, 1.165) is 12.8 Å². The van der Waals surface area contributed by atoms with Gasteiger partial charge in [0.2, 0.25) is 0 Å². The van der Waals surface area contributed by atoms with Gasteiger partial charge in [-0.1, -0.05) is 27.7 Å². The van der Waals surface area contributed by atoms with Gasteiger partial charge in [-0.05, 0) is 24.7 Å². The first-order chi connectivity index (χ1) is 7.73. The molecule has 0 rings (SSSR count). The van der Waals surface area contributed by atoms with Crippen molar-refractivity contribution in [2.45, 2.75) is 40.5 Å². The van der Waals surface area contributed by atoms with Crippen LogP contribution < -0.4 is 0 Å². The number of rotatable bonds is 8. The topological polar surface area (TPSA) is 40.6 Å². The van der Waals surface area contributed by atoms with Crippen molar-refractivity contribution >= 4 is 10.2 Å². The Morgan fingerprint density at radius 2 is 1.59 bits per heavy atom. The van der Waals surface area contributed by atoms with Gasteiger partial charge in [0.25, 0.3) is 10.2 Å². The Morgan fingerprint density at radius 1 is 1.06 bits per heavy atom. The van der Waals surface area contributed by atoms with Crippen molar-refractivity contribution < 1.29 is 8.42 Å². The van der Waals surface area contributed by atoms with Crippen LogP contribution in [0, 0.1) is 11.8 Å². The molecule has 0 amide bonds. The van der Waals surface area contributed by atoms with E-state index in [1.165, 1.54) is 4.31 Å². The molecule has 1 atom stereocenters. The van der Waals surface area contributed by atoms with Crippen LogP contribution >= 0.6 is 0 Å². The van der Waals surface area contributed by atoms with Gasteiger partial charge in [-0.25, -0.2) is 0 Å². The highest BCUT2D eigenvalue weighted by Crippen LogP contribution is 2.16. The molecule has 0 aromatic heterocycles. The molecule has 0 aliphatic carbocycles. The average molecular weight is 264 g/mol.